The summed E-state index contributed by atoms with van der Waals surface area (Å²) in [6, 6.07) is 9.80. The Hall–Kier alpha value is -1.83. The molecule has 1 aromatic carbocycles. The Morgan fingerprint density at radius 1 is 1.18 bits per heavy atom. The van der Waals surface area contributed by atoms with Gasteiger partial charge in [0.1, 0.15) is 0 Å². The number of allylic oxidation sites excluding steroid dienone is 2. The molecule has 17 heavy (non-hydrogen) atoms. The molecule has 0 amide bonds. The monoisotopic (exact) mass is 230 g/mol. The van der Waals surface area contributed by atoms with Gasteiger partial charge in [0.25, 0.3) is 0 Å². The zero-order chi connectivity index (χ0) is 12.9. The van der Waals surface area contributed by atoms with E-state index in [2.05, 4.69) is 0 Å². The lowest BCUT2D eigenvalue weighted by Gasteiger charge is -2.18. The Kier molecular flexibility index (Phi) is 4.27. The van der Waals surface area contributed by atoms with Gasteiger partial charge in [-0.25, -0.2) is 4.79 Å². The lowest BCUT2D eigenvalue weighted by atomic mass is 9.86. The van der Waals surface area contributed by atoms with E-state index in [0.717, 1.165) is 5.56 Å². The van der Waals surface area contributed by atoms with E-state index in [1.54, 1.807) is 12.2 Å². The van der Waals surface area contributed by atoms with E-state index < -0.39 is 5.97 Å². The van der Waals surface area contributed by atoms with Crippen molar-refractivity contribution in [2.75, 3.05) is 0 Å². The number of rotatable bonds is 3. The van der Waals surface area contributed by atoms with Gasteiger partial charge in [0.05, 0.1) is 0 Å². The van der Waals surface area contributed by atoms with Crippen LogP contribution in [-0.4, -0.2) is 11.1 Å². The number of carboxylic acids is 1. The van der Waals surface area contributed by atoms with Crippen LogP contribution in [0.1, 0.15) is 26.3 Å². The van der Waals surface area contributed by atoms with Crippen LogP contribution in [0.2, 0.25) is 0 Å². The van der Waals surface area contributed by atoms with Crippen LogP contribution in [0, 0.1) is 5.41 Å². The number of hydrogen-bond acceptors (Lipinski definition) is 1. The minimum absolute atomic E-state index is 0.354. The first-order valence-corrected chi connectivity index (χ1v) is 5.58. The quantitative estimate of drug-likeness (QED) is 0.634. The van der Waals surface area contributed by atoms with Crippen molar-refractivity contribution >= 4 is 12.0 Å². The van der Waals surface area contributed by atoms with Crippen molar-refractivity contribution in [3.63, 3.8) is 0 Å². The third-order valence-corrected chi connectivity index (χ3v) is 2.39. The molecular weight excluding hydrogens is 212 g/mol. The van der Waals surface area contributed by atoms with Gasteiger partial charge in [0.15, 0.2) is 0 Å². The van der Waals surface area contributed by atoms with Crippen molar-refractivity contribution in [3.8, 4) is 0 Å². The van der Waals surface area contributed by atoms with E-state index in [-0.39, 0.29) is 5.41 Å². The number of benzene rings is 1. The summed E-state index contributed by atoms with van der Waals surface area (Å²) < 4.78 is 0. The Bertz CT molecular complexity index is 434. The molecule has 90 valence electrons. The molecule has 0 aliphatic carbocycles. The molecule has 1 aromatic rings. The summed E-state index contributed by atoms with van der Waals surface area (Å²) in [5.74, 6) is -0.866. The van der Waals surface area contributed by atoms with Crippen molar-refractivity contribution in [3.05, 3.63) is 53.6 Å². The molecule has 1 rings (SSSR count). The highest BCUT2D eigenvalue weighted by atomic mass is 16.4. The van der Waals surface area contributed by atoms with Crippen LogP contribution in [0.5, 0.6) is 0 Å². The van der Waals surface area contributed by atoms with Gasteiger partial charge < -0.3 is 5.11 Å². The van der Waals surface area contributed by atoms with Crippen LogP contribution in [0.15, 0.2) is 48.1 Å². The highest BCUT2D eigenvalue weighted by molar-refractivity contribution is 5.88. The summed E-state index contributed by atoms with van der Waals surface area (Å²) >= 11 is 0. The third kappa shape index (κ3) is 4.27. The molecule has 0 fully saturated rings. The standard InChI is InChI=1S/C15H18O2/c1-15(2,3)13(14(16)17)11-7-10-12-8-5-4-6-9-12/h4-11H,1-3H3,(H,16,17). The molecule has 0 aliphatic rings. The van der Waals surface area contributed by atoms with Crippen LogP contribution >= 0.6 is 0 Å². The van der Waals surface area contributed by atoms with Crippen molar-refractivity contribution in [2.45, 2.75) is 20.8 Å². The first kappa shape index (κ1) is 13.2. The fourth-order valence-electron chi connectivity index (χ4n) is 1.46. The number of aliphatic carboxylic acids is 1. The van der Waals surface area contributed by atoms with E-state index in [1.807, 2.05) is 57.2 Å². The maximum absolute atomic E-state index is 11.1. The summed E-state index contributed by atoms with van der Waals surface area (Å²) in [7, 11) is 0. The summed E-state index contributed by atoms with van der Waals surface area (Å²) in [6.07, 6.45) is 5.34. The zero-order valence-corrected chi connectivity index (χ0v) is 10.5. The molecule has 0 radical (unpaired) electrons. The van der Waals surface area contributed by atoms with Gasteiger partial charge in [0, 0.05) is 5.57 Å². The Labute approximate surface area is 102 Å². The van der Waals surface area contributed by atoms with Gasteiger partial charge in [0.2, 0.25) is 0 Å². The maximum atomic E-state index is 11.1. The summed E-state index contributed by atoms with van der Waals surface area (Å²) in [5.41, 5.74) is 1.11. The fraction of sp³-hybridized carbons (Fsp3) is 0.267. The van der Waals surface area contributed by atoms with Crippen LogP contribution in [0.25, 0.3) is 6.08 Å². The molecule has 1 N–H and O–H groups in total. The van der Waals surface area contributed by atoms with E-state index in [9.17, 15) is 4.79 Å². The van der Waals surface area contributed by atoms with Gasteiger partial charge in [-0.3, -0.25) is 0 Å². The molecule has 0 heterocycles. The van der Waals surface area contributed by atoms with Gasteiger partial charge >= 0.3 is 5.97 Å². The minimum Gasteiger partial charge on any atom is -0.478 e. The second-order valence-corrected chi connectivity index (χ2v) is 4.91. The Morgan fingerprint density at radius 3 is 2.24 bits per heavy atom. The topological polar surface area (TPSA) is 37.3 Å². The number of carbonyl (C=O) groups is 1. The average molecular weight is 230 g/mol. The fourth-order valence-corrected chi connectivity index (χ4v) is 1.46. The predicted octanol–water partition coefficient (Wildman–Crippen LogP) is 3.76. The summed E-state index contributed by atoms with van der Waals surface area (Å²) in [6.45, 7) is 5.68. The molecule has 0 saturated carbocycles. The predicted molar refractivity (Wildman–Crippen MR) is 70.6 cm³/mol. The van der Waals surface area contributed by atoms with Crippen LogP contribution < -0.4 is 0 Å². The lowest BCUT2D eigenvalue weighted by Crippen LogP contribution is -2.17. The average Bonchev–Trinajstić information content (AvgIpc) is 2.23. The van der Waals surface area contributed by atoms with E-state index in [1.165, 1.54) is 0 Å². The van der Waals surface area contributed by atoms with Gasteiger partial charge in [-0.15, -0.1) is 0 Å². The molecule has 0 aliphatic heterocycles. The zero-order valence-electron chi connectivity index (χ0n) is 10.5. The van der Waals surface area contributed by atoms with Crippen LogP contribution in [0.3, 0.4) is 0 Å². The molecule has 0 aromatic heterocycles. The third-order valence-electron chi connectivity index (χ3n) is 2.39. The summed E-state index contributed by atoms with van der Waals surface area (Å²) in [5, 5.41) is 9.10. The van der Waals surface area contributed by atoms with Crippen LogP contribution in [0.4, 0.5) is 0 Å². The number of hydrogen-bond donors (Lipinski definition) is 1. The Morgan fingerprint density at radius 2 is 1.76 bits per heavy atom. The lowest BCUT2D eigenvalue weighted by molar-refractivity contribution is -0.133. The van der Waals surface area contributed by atoms with Crippen molar-refractivity contribution in [2.24, 2.45) is 5.41 Å². The van der Waals surface area contributed by atoms with Gasteiger partial charge in [-0.1, -0.05) is 69.3 Å². The first-order valence-electron chi connectivity index (χ1n) is 5.58. The maximum Gasteiger partial charge on any atom is 0.332 e. The van der Waals surface area contributed by atoms with Crippen LogP contribution in [-0.2, 0) is 4.79 Å². The first-order chi connectivity index (χ1) is 7.91. The van der Waals surface area contributed by atoms with Gasteiger partial charge in [-0.2, -0.15) is 0 Å². The second-order valence-electron chi connectivity index (χ2n) is 4.91. The highest BCUT2D eigenvalue weighted by Gasteiger charge is 2.22. The Balaban J connectivity index is 2.88. The largest absolute Gasteiger partial charge is 0.478 e. The molecule has 0 spiro atoms. The molecular formula is C15H18O2. The summed E-state index contributed by atoms with van der Waals surface area (Å²) in [4.78, 5) is 11.1. The SMILES string of the molecule is CC(C)(C)C(=CC=Cc1ccccc1)C(=O)O. The minimum atomic E-state index is -0.866. The van der Waals surface area contributed by atoms with E-state index in [4.69, 9.17) is 5.11 Å². The molecule has 0 atom stereocenters. The smallest absolute Gasteiger partial charge is 0.332 e. The normalized spacial score (nSPS) is 13.0. The molecule has 0 saturated heterocycles. The molecule has 2 heteroatoms. The molecule has 0 unspecified atom stereocenters. The highest BCUT2D eigenvalue weighted by Crippen LogP contribution is 2.25. The van der Waals surface area contributed by atoms with E-state index in [0.29, 0.717) is 5.57 Å². The molecule has 0 bridgehead atoms. The second kappa shape index (κ2) is 5.48. The molecule has 2 nitrogen and oxygen atoms in total. The van der Waals surface area contributed by atoms with Crippen molar-refractivity contribution < 1.29 is 9.90 Å². The van der Waals surface area contributed by atoms with Crippen molar-refractivity contribution in [1.29, 1.82) is 0 Å². The van der Waals surface area contributed by atoms with E-state index >= 15 is 0 Å². The number of carboxylic acid groups (broad SMARTS) is 1. The van der Waals surface area contributed by atoms with Gasteiger partial charge in [-0.05, 0) is 11.0 Å². The van der Waals surface area contributed by atoms with Crippen molar-refractivity contribution in [1.82, 2.24) is 0 Å².